The molecular weight excluding hydrogens is 323 g/mol. The summed E-state index contributed by atoms with van der Waals surface area (Å²) in [5.41, 5.74) is 2.25. The topological polar surface area (TPSA) is 18.5 Å². The number of hydrogen-bond acceptors (Lipinski definition) is 2. The second-order valence-electron chi connectivity index (χ2n) is 4.44. The van der Waals surface area contributed by atoms with Crippen LogP contribution in [0.2, 0.25) is 0 Å². The Balaban J connectivity index is 2.13. The molecule has 0 saturated heterocycles. The molecule has 0 aliphatic carbocycles. The molecule has 0 heterocycles. The fourth-order valence-corrected chi connectivity index (χ4v) is 2.71. The highest BCUT2D eigenvalue weighted by molar-refractivity contribution is 9.10. The van der Waals surface area contributed by atoms with Crippen molar-refractivity contribution in [1.82, 2.24) is 0 Å². The number of methoxy groups -OCH3 is 2. The van der Waals surface area contributed by atoms with Crippen LogP contribution in [0.15, 0.2) is 40.9 Å². The molecule has 2 aromatic carbocycles. The third kappa shape index (κ3) is 3.51. The zero-order valence-electron chi connectivity index (χ0n) is 11.5. The summed E-state index contributed by atoms with van der Waals surface area (Å²) in [5.74, 6) is 1.19. The zero-order chi connectivity index (χ0) is 14.5. The number of hydrogen-bond donors (Lipinski definition) is 0. The van der Waals surface area contributed by atoms with Gasteiger partial charge in [-0.25, -0.2) is 4.39 Å². The number of aryl methyl sites for hydroxylation is 2. The Morgan fingerprint density at radius 3 is 2.20 bits per heavy atom. The van der Waals surface area contributed by atoms with E-state index in [2.05, 4.69) is 15.9 Å². The van der Waals surface area contributed by atoms with Gasteiger partial charge >= 0.3 is 0 Å². The normalized spacial score (nSPS) is 10.4. The van der Waals surface area contributed by atoms with Crippen molar-refractivity contribution in [2.45, 2.75) is 12.8 Å². The van der Waals surface area contributed by atoms with Crippen LogP contribution < -0.4 is 9.47 Å². The van der Waals surface area contributed by atoms with Crippen molar-refractivity contribution in [2.24, 2.45) is 0 Å². The minimum atomic E-state index is -0.206. The molecule has 0 aliphatic heterocycles. The first kappa shape index (κ1) is 14.9. The molecule has 20 heavy (non-hydrogen) atoms. The van der Waals surface area contributed by atoms with E-state index in [-0.39, 0.29) is 5.82 Å². The Morgan fingerprint density at radius 1 is 0.950 bits per heavy atom. The molecule has 0 aliphatic rings. The van der Waals surface area contributed by atoms with Crippen LogP contribution in [0.5, 0.6) is 11.5 Å². The summed E-state index contributed by atoms with van der Waals surface area (Å²) in [6.45, 7) is 0. The molecule has 106 valence electrons. The van der Waals surface area contributed by atoms with Gasteiger partial charge in [-0.15, -0.1) is 0 Å². The van der Waals surface area contributed by atoms with E-state index in [1.807, 2.05) is 24.3 Å². The van der Waals surface area contributed by atoms with Crippen molar-refractivity contribution in [3.63, 3.8) is 0 Å². The van der Waals surface area contributed by atoms with Gasteiger partial charge in [0.25, 0.3) is 0 Å². The van der Waals surface area contributed by atoms with E-state index in [0.717, 1.165) is 28.4 Å². The molecule has 0 N–H and O–H groups in total. The van der Waals surface area contributed by atoms with Crippen LogP contribution in [-0.4, -0.2) is 14.2 Å². The first-order chi connectivity index (χ1) is 9.63. The minimum absolute atomic E-state index is 0.206. The molecule has 0 bridgehead atoms. The molecule has 0 amide bonds. The molecular formula is C16H16BrFO2. The van der Waals surface area contributed by atoms with Crippen LogP contribution in [0.4, 0.5) is 4.39 Å². The second-order valence-corrected chi connectivity index (χ2v) is 5.29. The Labute approximate surface area is 126 Å². The maximum absolute atomic E-state index is 12.8. The average Bonchev–Trinajstić information content (AvgIpc) is 2.46. The Kier molecular flexibility index (Phi) is 5.01. The Bertz CT molecular complexity index is 582. The lowest BCUT2D eigenvalue weighted by Crippen LogP contribution is -1.96. The molecule has 0 unspecified atom stereocenters. The summed E-state index contributed by atoms with van der Waals surface area (Å²) in [6, 6.07) is 10.6. The maximum atomic E-state index is 12.8. The molecule has 0 fully saturated rings. The van der Waals surface area contributed by atoms with Crippen molar-refractivity contribution < 1.29 is 13.9 Å². The highest BCUT2D eigenvalue weighted by Gasteiger charge is 2.10. The zero-order valence-corrected chi connectivity index (χ0v) is 13.0. The number of ether oxygens (including phenoxy) is 2. The van der Waals surface area contributed by atoms with Crippen LogP contribution in [-0.2, 0) is 12.8 Å². The molecule has 4 heteroatoms. The van der Waals surface area contributed by atoms with E-state index in [0.29, 0.717) is 11.5 Å². The predicted molar refractivity (Wildman–Crippen MR) is 81.1 cm³/mol. The Hall–Kier alpha value is -1.55. The van der Waals surface area contributed by atoms with Crippen molar-refractivity contribution in [2.75, 3.05) is 14.2 Å². The van der Waals surface area contributed by atoms with Gasteiger partial charge in [-0.2, -0.15) is 0 Å². The summed E-state index contributed by atoms with van der Waals surface area (Å²) >= 11 is 3.48. The van der Waals surface area contributed by atoms with Gasteiger partial charge in [0.1, 0.15) is 5.82 Å². The van der Waals surface area contributed by atoms with Gasteiger partial charge in [0, 0.05) is 0 Å². The van der Waals surface area contributed by atoms with Gasteiger partial charge in [0.15, 0.2) is 11.5 Å². The average molecular weight is 339 g/mol. The Morgan fingerprint density at radius 2 is 1.60 bits per heavy atom. The highest BCUT2D eigenvalue weighted by Crippen LogP contribution is 2.36. The van der Waals surface area contributed by atoms with E-state index in [1.165, 1.54) is 12.1 Å². The predicted octanol–water partition coefficient (Wildman–Crippen LogP) is 4.39. The quantitative estimate of drug-likeness (QED) is 0.804. The first-order valence-corrected chi connectivity index (χ1v) is 7.08. The fourth-order valence-electron chi connectivity index (χ4n) is 2.06. The standard InChI is InChI=1S/C16H16BrFO2/c1-19-15-10-12(9-14(17)16(15)20-2)4-3-11-5-7-13(18)8-6-11/h5-10H,3-4H2,1-2H3. The van der Waals surface area contributed by atoms with Crippen LogP contribution in [0.1, 0.15) is 11.1 Å². The van der Waals surface area contributed by atoms with Crippen LogP contribution in [0.3, 0.4) is 0 Å². The van der Waals surface area contributed by atoms with E-state index in [1.54, 1.807) is 14.2 Å². The van der Waals surface area contributed by atoms with Gasteiger partial charge in [0.2, 0.25) is 0 Å². The van der Waals surface area contributed by atoms with Crippen molar-refractivity contribution in [1.29, 1.82) is 0 Å². The third-order valence-corrected chi connectivity index (χ3v) is 3.70. The first-order valence-electron chi connectivity index (χ1n) is 6.29. The SMILES string of the molecule is COc1cc(CCc2ccc(F)cc2)cc(Br)c1OC. The molecule has 0 spiro atoms. The van der Waals surface area contributed by atoms with Gasteiger partial charge < -0.3 is 9.47 Å². The minimum Gasteiger partial charge on any atom is -0.493 e. The van der Waals surface area contributed by atoms with Gasteiger partial charge in [-0.05, 0) is 64.2 Å². The van der Waals surface area contributed by atoms with E-state index >= 15 is 0 Å². The molecule has 0 atom stereocenters. The lowest BCUT2D eigenvalue weighted by Gasteiger charge is -2.12. The number of rotatable bonds is 5. The lowest BCUT2D eigenvalue weighted by atomic mass is 10.0. The maximum Gasteiger partial charge on any atom is 0.174 e. The van der Waals surface area contributed by atoms with Crippen molar-refractivity contribution in [3.05, 3.63) is 57.8 Å². The molecule has 2 nitrogen and oxygen atoms in total. The summed E-state index contributed by atoms with van der Waals surface area (Å²) in [6.07, 6.45) is 1.70. The van der Waals surface area contributed by atoms with Crippen molar-refractivity contribution >= 4 is 15.9 Å². The largest absolute Gasteiger partial charge is 0.493 e. The van der Waals surface area contributed by atoms with E-state index < -0.39 is 0 Å². The number of benzene rings is 2. The van der Waals surface area contributed by atoms with Crippen LogP contribution in [0.25, 0.3) is 0 Å². The van der Waals surface area contributed by atoms with Gasteiger partial charge in [-0.3, -0.25) is 0 Å². The monoisotopic (exact) mass is 338 g/mol. The molecule has 2 rings (SSSR count). The summed E-state index contributed by atoms with van der Waals surface area (Å²) in [4.78, 5) is 0. The van der Waals surface area contributed by atoms with Gasteiger partial charge in [0.05, 0.1) is 18.7 Å². The van der Waals surface area contributed by atoms with Crippen LogP contribution in [0, 0.1) is 5.82 Å². The van der Waals surface area contributed by atoms with Crippen molar-refractivity contribution in [3.8, 4) is 11.5 Å². The summed E-state index contributed by atoms with van der Waals surface area (Å²) < 4.78 is 24.3. The second kappa shape index (κ2) is 6.75. The molecule has 0 aromatic heterocycles. The third-order valence-electron chi connectivity index (χ3n) is 3.11. The molecule has 2 aromatic rings. The van der Waals surface area contributed by atoms with Crippen LogP contribution >= 0.6 is 15.9 Å². The molecule has 0 saturated carbocycles. The van der Waals surface area contributed by atoms with Gasteiger partial charge in [-0.1, -0.05) is 12.1 Å². The number of halogens is 2. The lowest BCUT2D eigenvalue weighted by molar-refractivity contribution is 0.352. The van der Waals surface area contributed by atoms with E-state index in [9.17, 15) is 4.39 Å². The fraction of sp³-hybridized carbons (Fsp3) is 0.250. The summed E-state index contributed by atoms with van der Waals surface area (Å²) in [5, 5.41) is 0. The smallest absolute Gasteiger partial charge is 0.174 e. The highest BCUT2D eigenvalue weighted by atomic mass is 79.9. The summed E-state index contributed by atoms with van der Waals surface area (Å²) in [7, 11) is 3.23. The molecule has 0 radical (unpaired) electrons. The van der Waals surface area contributed by atoms with E-state index in [4.69, 9.17) is 9.47 Å².